The summed E-state index contributed by atoms with van der Waals surface area (Å²) in [4.78, 5) is 0. The zero-order valence-electron chi connectivity index (χ0n) is 55.9. The molecule has 0 atom stereocenters. The van der Waals surface area contributed by atoms with Gasteiger partial charge in [0.1, 0.15) is 17.2 Å². The highest BCUT2D eigenvalue weighted by atomic mass is 16.5. The van der Waals surface area contributed by atoms with E-state index in [1.165, 1.54) is 197 Å². The highest BCUT2D eigenvalue weighted by Gasteiger charge is 2.51. The van der Waals surface area contributed by atoms with Gasteiger partial charge in [-0.2, -0.15) is 13.7 Å². The van der Waals surface area contributed by atoms with E-state index in [0.717, 1.165) is 17.2 Å². The van der Waals surface area contributed by atoms with Gasteiger partial charge in [0.05, 0.1) is 27.5 Å². The largest absolute Gasteiger partial charge is 0.435 e. The number of fused-ring (bicyclic) bond motifs is 24. The molecule has 0 spiro atoms. The van der Waals surface area contributed by atoms with E-state index in [9.17, 15) is 0 Å². The van der Waals surface area contributed by atoms with Crippen LogP contribution in [0.25, 0.3) is 163 Å². The number of aromatic nitrogens is 3. The summed E-state index contributed by atoms with van der Waals surface area (Å²) < 4.78 is 26.5. The second-order valence-corrected chi connectivity index (χ2v) is 29.9. The van der Waals surface area contributed by atoms with Gasteiger partial charge in [0.15, 0.2) is 12.4 Å². The van der Waals surface area contributed by atoms with Crippen molar-refractivity contribution in [3.63, 3.8) is 0 Å². The van der Waals surface area contributed by atoms with Gasteiger partial charge in [0.2, 0.25) is 22.6 Å². The molecular weight excluding hydrogens is 1210 g/mol. The smallest absolute Gasteiger partial charge is 0.293 e. The first kappa shape index (κ1) is 55.4. The average molecular weight is 1270 g/mol. The van der Waals surface area contributed by atoms with E-state index in [1.807, 2.05) is 0 Å². The normalized spacial score (nSPS) is 15.3. The Labute approximate surface area is 571 Å². The summed E-state index contributed by atoms with van der Waals surface area (Å²) in [5.74, 6) is 3.04. The molecule has 18 aromatic rings. The van der Waals surface area contributed by atoms with Gasteiger partial charge in [-0.15, -0.1) is 0 Å². The summed E-state index contributed by atoms with van der Waals surface area (Å²) in [6, 6.07) is 88.8. The Morgan fingerprint density at radius 2 is 0.616 bits per heavy atom. The first-order valence-corrected chi connectivity index (χ1v) is 34.9. The summed E-state index contributed by atoms with van der Waals surface area (Å²) in [6.45, 7) is 15.9. The van der Waals surface area contributed by atoms with E-state index in [4.69, 9.17) is 14.2 Å². The number of pyridine rings is 3. The summed E-state index contributed by atoms with van der Waals surface area (Å²) in [6.07, 6.45) is 4.58. The topological polar surface area (TPSA) is 39.3 Å². The summed E-state index contributed by atoms with van der Waals surface area (Å²) >= 11 is 0. The summed E-state index contributed by atoms with van der Waals surface area (Å²) in [5.41, 5.74) is 17.1. The van der Waals surface area contributed by atoms with E-state index in [-0.39, 0.29) is 16.2 Å². The third-order valence-electron chi connectivity index (χ3n) is 23.7. The number of ether oxygens (including phenoxy) is 3. The maximum Gasteiger partial charge on any atom is 0.293 e. The molecule has 6 heterocycles. The number of nitrogens with zero attached hydrogens (tertiary/aromatic N) is 3. The Bertz CT molecular complexity index is 6690. The number of rotatable bonds is 0. The molecule has 0 saturated heterocycles. The molecule has 99 heavy (non-hydrogen) atoms. The molecule has 6 heteroatoms. The van der Waals surface area contributed by atoms with Crippen molar-refractivity contribution in [2.45, 2.75) is 78.0 Å². The lowest BCUT2D eigenvalue weighted by atomic mass is 9.77. The number of hydrogen-bond donors (Lipinski definition) is 0. The first-order chi connectivity index (χ1) is 48.4. The molecule has 0 radical (unpaired) electrons. The minimum absolute atomic E-state index is 0.114. The fourth-order valence-electron chi connectivity index (χ4n) is 19.5. The van der Waals surface area contributed by atoms with Crippen LogP contribution in [0.2, 0.25) is 0 Å². The molecule has 3 aliphatic heterocycles. The van der Waals surface area contributed by atoms with Crippen molar-refractivity contribution < 1.29 is 27.9 Å². The third-order valence-corrected chi connectivity index (χ3v) is 23.7. The second kappa shape index (κ2) is 19.3. The molecule has 6 aliphatic rings. The van der Waals surface area contributed by atoms with Crippen LogP contribution in [0.3, 0.4) is 0 Å². The lowest BCUT2D eigenvalue weighted by Crippen LogP contribution is -2.43. The molecule has 3 aromatic heterocycles. The second-order valence-electron chi connectivity index (χ2n) is 29.9. The van der Waals surface area contributed by atoms with Crippen molar-refractivity contribution in [3.8, 4) is 51.0 Å². The Hall–Kier alpha value is -11.7. The van der Waals surface area contributed by atoms with Crippen LogP contribution in [-0.2, 0) is 36.4 Å². The highest BCUT2D eigenvalue weighted by molar-refractivity contribution is 6.19. The zero-order valence-corrected chi connectivity index (χ0v) is 55.9. The molecular formula is C93H66N3O3+3. The number of benzene rings is 15. The molecule has 0 N–H and O–H groups in total. The Balaban J connectivity index is 0.0000000949. The molecule has 0 saturated carbocycles. The molecule has 0 fully saturated rings. The molecule has 0 unspecified atom stereocenters. The molecule has 0 amide bonds. The fraction of sp³-hybridized carbons (Fsp3) is 0.129. The maximum atomic E-state index is 6.53. The van der Waals surface area contributed by atoms with Crippen molar-refractivity contribution >= 4 is 129 Å². The van der Waals surface area contributed by atoms with E-state index in [0.29, 0.717) is 20.2 Å². The van der Waals surface area contributed by atoms with Crippen LogP contribution in [0.5, 0.6) is 17.2 Å². The van der Waals surface area contributed by atoms with E-state index >= 15 is 0 Å². The van der Waals surface area contributed by atoms with Gasteiger partial charge in [0.25, 0.3) is 20.2 Å². The Morgan fingerprint density at radius 3 is 1.13 bits per heavy atom. The number of hydrogen-bond acceptors (Lipinski definition) is 3. The molecule has 468 valence electrons. The monoisotopic (exact) mass is 1270 g/mol. The van der Waals surface area contributed by atoms with Crippen molar-refractivity contribution in [2.24, 2.45) is 0 Å². The molecule has 15 aromatic carbocycles. The van der Waals surface area contributed by atoms with Gasteiger partial charge >= 0.3 is 0 Å². The highest BCUT2D eigenvalue weighted by Crippen LogP contribution is 2.61. The van der Waals surface area contributed by atoms with E-state index in [2.05, 4.69) is 310 Å². The van der Waals surface area contributed by atoms with Crippen LogP contribution in [0.1, 0.15) is 74.9 Å². The van der Waals surface area contributed by atoms with E-state index < -0.39 is 0 Å². The third kappa shape index (κ3) is 7.22. The van der Waals surface area contributed by atoms with Crippen LogP contribution in [-0.4, -0.2) is 0 Å². The predicted molar refractivity (Wildman–Crippen MR) is 405 cm³/mol. The van der Waals surface area contributed by atoms with Gasteiger partial charge in [-0.05, 0) is 156 Å². The van der Waals surface area contributed by atoms with Gasteiger partial charge < -0.3 is 14.2 Å². The minimum atomic E-state index is -0.152. The fourth-order valence-corrected chi connectivity index (χ4v) is 19.5. The van der Waals surface area contributed by atoms with Crippen LogP contribution < -0.4 is 27.9 Å². The Morgan fingerprint density at radius 1 is 0.263 bits per heavy atom. The molecule has 6 nitrogen and oxygen atoms in total. The first-order valence-electron chi connectivity index (χ1n) is 34.9. The maximum absolute atomic E-state index is 6.53. The van der Waals surface area contributed by atoms with Gasteiger partial charge in [-0.25, -0.2) is 0 Å². The van der Waals surface area contributed by atoms with Crippen molar-refractivity contribution in [1.82, 2.24) is 0 Å². The molecule has 3 aliphatic carbocycles. The summed E-state index contributed by atoms with van der Waals surface area (Å²) in [5, 5.41) is 29.9. The van der Waals surface area contributed by atoms with Crippen LogP contribution in [0, 0.1) is 0 Å². The van der Waals surface area contributed by atoms with Crippen LogP contribution in [0.4, 0.5) is 0 Å². The Kier molecular flexibility index (Phi) is 10.8. The predicted octanol–water partition coefficient (Wildman–Crippen LogP) is 21.7. The van der Waals surface area contributed by atoms with Crippen LogP contribution >= 0.6 is 0 Å². The molecule has 24 rings (SSSR count). The lowest BCUT2D eigenvalue weighted by Gasteiger charge is -2.24. The summed E-state index contributed by atoms with van der Waals surface area (Å²) in [7, 11) is 0. The van der Waals surface area contributed by atoms with Gasteiger partial charge in [-0.1, -0.05) is 242 Å². The zero-order chi connectivity index (χ0) is 65.7. The van der Waals surface area contributed by atoms with Crippen molar-refractivity contribution in [2.75, 3.05) is 0 Å². The van der Waals surface area contributed by atoms with Gasteiger partial charge in [-0.3, -0.25) is 0 Å². The molecule has 0 bridgehead atoms. The van der Waals surface area contributed by atoms with Crippen LogP contribution in [0.15, 0.2) is 255 Å². The quantitative estimate of drug-likeness (QED) is 0.112. The van der Waals surface area contributed by atoms with E-state index in [1.54, 1.807) is 0 Å². The SMILES string of the molecule is CC1(C)c2c3c(cc4c2ccc2ccccc24)OC[n+]2cc4c(ccc5ccccc54)c1c2-3.CC1(C)c2c3c(cc4c2ccc2ccccc24)OC[n+]2cc4ccc5ccccc5c4c1c2-3.CC1(C)c2cc3ccc4ccccc4c3[n+]3c2-c2c(cc4c(ccc5ccccc54)c21)OC3. The standard InChI is InChI=1S/3C31H22NO/c1-31(2)28-22-13-11-18-7-3-5-9-20(18)24(22)15-26-27(28)30-29(31)23-14-12-19-8-4-6-10-21(19)25(23)16-32(30)17-33-26;1-31(2)28-23-14-13-18-7-3-5-9-21(18)24(23)15-25-27(28)30-29(31)26-20(16-32(30)17-33-25)12-11-19-8-4-6-10-22(19)26;1-31(2)25-15-20-12-11-19-8-4-6-10-22(19)29(20)32-17-33-26-16-24-21-9-5-3-7-18(21)13-14-23(24)28(31)27(26)30(25)32/h3*3-16H,17H2,1-2H3/q3*+1. The lowest BCUT2D eigenvalue weighted by molar-refractivity contribution is -0.716. The average Bonchev–Trinajstić information content (AvgIpc) is 1.54. The minimum Gasteiger partial charge on any atom is -0.435 e. The van der Waals surface area contributed by atoms with Gasteiger partial charge in [0, 0.05) is 49.1 Å². The van der Waals surface area contributed by atoms with Crippen molar-refractivity contribution in [1.29, 1.82) is 0 Å². The van der Waals surface area contributed by atoms with Crippen molar-refractivity contribution in [3.05, 3.63) is 288 Å².